The van der Waals surface area contributed by atoms with Crippen LogP contribution in [0.5, 0.6) is 11.6 Å². The van der Waals surface area contributed by atoms with Crippen LogP contribution in [0.25, 0.3) is 11.3 Å². The normalized spacial score (nSPS) is 13.1. The molecule has 2 atom stereocenters. The maximum absolute atomic E-state index is 14.4. The number of nitrogens with two attached hydrogens (primary N) is 1. The van der Waals surface area contributed by atoms with Crippen LogP contribution < -0.4 is 19.9 Å². The number of amides is 1. The molecule has 3 rings (SSSR count). The molecule has 0 spiro atoms. The first-order valence-corrected chi connectivity index (χ1v) is 13.9. The largest absolute Gasteiger partial charge is 0.493 e. The van der Waals surface area contributed by atoms with Crippen LogP contribution in [-0.2, 0) is 10.0 Å². The standard InChI is InChI=1S/C28H34FN3O5S/c1-6-18(4)19(5)37-28-25(27(33)32-38(34,35)24-9-7-8-22(30)15-24)10-11-26(31-28)20-12-21(29)14-23(13-20)36-16-17(2)3/h7-15,17-19H,6,16,30H2,1-5H3,(H,32,33). The lowest BCUT2D eigenvalue weighted by Gasteiger charge is -2.21. The van der Waals surface area contributed by atoms with Crippen molar-refractivity contribution in [3.63, 3.8) is 0 Å². The minimum absolute atomic E-state index is 0.0653. The van der Waals surface area contributed by atoms with Crippen molar-refractivity contribution < 1.29 is 27.1 Å². The Hall–Kier alpha value is -3.66. The molecular formula is C28H34FN3O5S. The Kier molecular flexibility index (Phi) is 9.32. The molecule has 2 unspecified atom stereocenters. The summed E-state index contributed by atoms with van der Waals surface area (Å²) in [5, 5.41) is 0. The number of carbonyl (C=O) groups is 1. The third-order valence-corrected chi connectivity index (χ3v) is 7.32. The molecular weight excluding hydrogens is 509 g/mol. The number of nitrogen functional groups attached to an aromatic ring is 1. The summed E-state index contributed by atoms with van der Waals surface area (Å²) >= 11 is 0. The maximum atomic E-state index is 14.4. The molecule has 0 saturated carbocycles. The smallest absolute Gasteiger partial charge is 0.270 e. The van der Waals surface area contributed by atoms with E-state index in [0.717, 1.165) is 6.42 Å². The highest BCUT2D eigenvalue weighted by atomic mass is 32.2. The summed E-state index contributed by atoms with van der Waals surface area (Å²) in [5.41, 5.74) is 6.62. The van der Waals surface area contributed by atoms with Gasteiger partial charge in [-0.15, -0.1) is 0 Å². The molecule has 0 bridgehead atoms. The predicted molar refractivity (Wildman–Crippen MR) is 145 cm³/mol. The lowest BCUT2D eigenvalue weighted by Crippen LogP contribution is -2.32. The Balaban J connectivity index is 2.00. The van der Waals surface area contributed by atoms with Gasteiger partial charge in [-0.25, -0.2) is 22.5 Å². The number of nitrogens with one attached hydrogen (secondary N) is 1. The van der Waals surface area contributed by atoms with Crippen molar-refractivity contribution in [2.75, 3.05) is 12.3 Å². The number of sulfonamides is 1. The van der Waals surface area contributed by atoms with E-state index >= 15 is 0 Å². The Morgan fingerprint density at radius 2 is 1.82 bits per heavy atom. The fourth-order valence-corrected chi connectivity index (χ4v) is 4.48. The van der Waals surface area contributed by atoms with Crippen molar-refractivity contribution in [2.24, 2.45) is 11.8 Å². The average Bonchev–Trinajstić information content (AvgIpc) is 2.86. The minimum atomic E-state index is -4.21. The second-order valence-corrected chi connectivity index (χ2v) is 11.3. The SMILES string of the molecule is CCC(C)C(C)Oc1nc(-c2cc(F)cc(OCC(C)C)c2)ccc1C(=O)NS(=O)(=O)c1cccc(N)c1. The summed E-state index contributed by atoms with van der Waals surface area (Å²) in [4.78, 5) is 17.5. The number of aromatic nitrogens is 1. The van der Waals surface area contributed by atoms with Gasteiger partial charge in [-0.2, -0.15) is 0 Å². The summed E-state index contributed by atoms with van der Waals surface area (Å²) in [6.45, 7) is 10.2. The van der Waals surface area contributed by atoms with E-state index in [4.69, 9.17) is 15.2 Å². The molecule has 0 aliphatic heterocycles. The zero-order valence-electron chi connectivity index (χ0n) is 22.2. The van der Waals surface area contributed by atoms with Crippen LogP contribution in [0.1, 0.15) is 51.4 Å². The number of carbonyl (C=O) groups excluding carboxylic acids is 1. The highest BCUT2D eigenvalue weighted by molar-refractivity contribution is 7.90. The molecule has 0 radical (unpaired) electrons. The lowest BCUT2D eigenvalue weighted by atomic mass is 10.0. The quantitative estimate of drug-likeness (QED) is 0.309. The minimum Gasteiger partial charge on any atom is -0.493 e. The Bertz CT molecular complexity index is 1390. The maximum Gasteiger partial charge on any atom is 0.270 e. The number of hydrogen-bond donors (Lipinski definition) is 2. The number of nitrogens with zero attached hydrogens (tertiary/aromatic N) is 1. The molecule has 204 valence electrons. The van der Waals surface area contributed by atoms with Crippen molar-refractivity contribution in [1.29, 1.82) is 0 Å². The van der Waals surface area contributed by atoms with Crippen LogP contribution in [-0.4, -0.2) is 32.0 Å². The Morgan fingerprint density at radius 1 is 1.08 bits per heavy atom. The van der Waals surface area contributed by atoms with Gasteiger partial charge in [0.2, 0.25) is 5.88 Å². The molecule has 3 N–H and O–H groups in total. The van der Waals surface area contributed by atoms with Crippen LogP contribution in [0.15, 0.2) is 59.5 Å². The second-order valence-electron chi connectivity index (χ2n) is 9.65. The molecule has 1 heterocycles. The fraction of sp³-hybridized carbons (Fsp3) is 0.357. The van der Waals surface area contributed by atoms with Crippen molar-refractivity contribution in [1.82, 2.24) is 9.71 Å². The van der Waals surface area contributed by atoms with Gasteiger partial charge in [0.25, 0.3) is 15.9 Å². The van der Waals surface area contributed by atoms with Gasteiger partial charge in [-0.05, 0) is 61.2 Å². The molecule has 1 aromatic heterocycles. The highest BCUT2D eigenvalue weighted by Crippen LogP contribution is 2.29. The number of hydrogen-bond acceptors (Lipinski definition) is 7. The van der Waals surface area contributed by atoms with E-state index in [1.54, 1.807) is 6.07 Å². The van der Waals surface area contributed by atoms with E-state index in [-0.39, 0.29) is 40.0 Å². The molecule has 1 amide bonds. The molecule has 0 fully saturated rings. The summed E-state index contributed by atoms with van der Waals surface area (Å²) in [6.07, 6.45) is 0.476. The van der Waals surface area contributed by atoms with Crippen LogP contribution in [0, 0.1) is 17.7 Å². The van der Waals surface area contributed by atoms with Crippen LogP contribution in [0.3, 0.4) is 0 Å². The number of pyridine rings is 1. The van der Waals surface area contributed by atoms with Gasteiger partial charge in [0, 0.05) is 17.3 Å². The number of halogens is 1. The third-order valence-electron chi connectivity index (χ3n) is 5.99. The van der Waals surface area contributed by atoms with Gasteiger partial charge in [-0.1, -0.05) is 40.2 Å². The zero-order valence-corrected chi connectivity index (χ0v) is 23.0. The number of ether oxygens (including phenoxy) is 2. The van der Waals surface area contributed by atoms with Gasteiger partial charge in [0.15, 0.2) is 0 Å². The first-order valence-electron chi connectivity index (χ1n) is 12.4. The molecule has 2 aromatic carbocycles. The third kappa shape index (κ3) is 7.44. The van der Waals surface area contributed by atoms with Crippen LogP contribution in [0.2, 0.25) is 0 Å². The summed E-state index contributed by atoms with van der Waals surface area (Å²) in [6, 6.07) is 12.8. The van der Waals surface area contributed by atoms with E-state index in [2.05, 4.69) is 9.71 Å². The van der Waals surface area contributed by atoms with Gasteiger partial charge in [-0.3, -0.25) is 4.79 Å². The van der Waals surface area contributed by atoms with E-state index in [0.29, 0.717) is 23.6 Å². The first-order chi connectivity index (χ1) is 17.9. The molecule has 0 aliphatic rings. The summed E-state index contributed by atoms with van der Waals surface area (Å²) in [5.74, 6) is -0.766. The zero-order chi connectivity index (χ0) is 28.0. The van der Waals surface area contributed by atoms with Crippen LogP contribution in [0.4, 0.5) is 10.1 Å². The van der Waals surface area contributed by atoms with Gasteiger partial charge in [0.05, 0.1) is 17.2 Å². The predicted octanol–water partition coefficient (Wildman–Crippen LogP) is 5.44. The van der Waals surface area contributed by atoms with Crippen molar-refractivity contribution in [3.8, 4) is 22.9 Å². The fourth-order valence-electron chi connectivity index (χ4n) is 3.46. The molecule has 3 aromatic rings. The molecule has 10 heteroatoms. The second kappa shape index (κ2) is 12.3. The van der Waals surface area contributed by atoms with Crippen molar-refractivity contribution in [2.45, 2.75) is 52.0 Å². The van der Waals surface area contributed by atoms with Crippen LogP contribution >= 0.6 is 0 Å². The molecule has 0 aliphatic carbocycles. The number of benzene rings is 2. The van der Waals surface area contributed by atoms with Gasteiger partial charge >= 0.3 is 0 Å². The van der Waals surface area contributed by atoms with E-state index < -0.39 is 21.7 Å². The first kappa shape index (κ1) is 28.9. The molecule has 38 heavy (non-hydrogen) atoms. The number of rotatable bonds is 11. The van der Waals surface area contributed by atoms with E-state index in [1.807, 2.05) is 34.6 Å². The summed E-state index contributed by atoms with van der Waals surface area (Å²) < 4.78 is 53.8. The average molecular weight is 544 g/mol. The Labute approximate surface area is 223 Å². The van der Waals surface area contributed by atoms with Gasteiger partial charge < -0.3 is 15.2 Å². The Morgan fingerprint density at radius 3 is 2.47 bits per heavy atom. The molecule has 0 saturated heterocycles. The summed E-state index contributed by atoms with van der Waals surface area (Å²) in [7, 11) is -4.21. The van der Waals surface area contributed by atoms with E-state index in [1.165, 1.54) is 48.5 Å². The monoisotopic (exact) mass is 543 g/mol. The molecule has 8 nitrogen and oxygen atoms in total. The topological polar surface area (TPSA) is 121 Å². The highest BCUT2D eigenvalue weighted by Gasteiger charge is 2.25. The lowest BCUT2D eigenvalue weighted by molar-refractivity contribution is 0.0966. The van der Waals surface area contributed by atoms with Crippen molar-refractivity contribution in [3.05, 3.63) is 66.0 Å². The van der Waals surface area contributed by atoms with Gasteiger partial charge in [0.1, 0.15) is 23.2 Å². The number of anilines is 1. The van der Waals surface area contributed by atoms with Crippen molar-refractivity contribution >= 4 is 21.6 Å². The van der Waals surface area contributed by atoms with E-state index in [9.17, 15) is 17.6 Å².